The van der Waals surface area contributed by atoms with Crippen LogP contribution >= 0.6 is 0 Å². The molecule has 2 aromatic carbocycles. The summed E-state index contributed by atoms with van der Waals surface area (Å²) in [6.07, 6.45) is 3.60. The third-order valence-electron chi connectivity index (χ3n) is 3.35. The number of aryl methyl sites for hydroxylation is 2. The predicted octanol–water partition coefficient (Wildman–Crippen LogP) is 3.89. The predicted molar refractivity (Wildman–Crippen MR) is 98.1 cm³/mol. The first-order valence-corrected chi connectivity index (χ1v) is 7.80. The number of benzene rings is 2. The van der Waals surface area contributed by atoms with Crippen molar-refractivity contribution in [2.75, 3.05) is 6.61 Å². The molecule has 1 N–H and O–H groups in total. The topological polar surface area (TPSA) is 50.7 Å². The van der Waals surface area contributed by atoms with Crippen molar-refractivity contribution < 1.29 is 9.53 Å². The molecule has 2 aromatic rings. The van der Waals surface area contributed by atoms with Crippen molar-refractivity contribution in [2.24, 2.45) is 5.10 Å². The van der Waals surface area contributed by atoms with E-state index in [1.165, 1.54) is 0 Å². The van der Waals surface area contributed by atoms with Gasteiger partial charge in [0.15, 0.2) is 6.61 Å². The van der Waals surface area contributed by atoms with Crippen LogP contribution in [0.3, 0.4) is 0 Å². The molecule has 4 nitrogen and oxygen atoms in total. The lowest BCUT2D eigenvalue weighted by Gasteiger charge is -2.08. The second-order valence-corrected chi connectivity index (χ2v) is 5.65. The van der Waals surface area contributed by atoms with Gasteiger partial charge < -0.3 is 4.74 Å². The van der Waals surface area contributed by atoms with Crippen LogP contribution in [0.4, 0.5) is 0 Å². The van der Waals surface area contributed by atoms with E-state index in [0.29, 0.717) is 5.75 Å². The lowest BCUT2D eigenvalue weighted by molar-refractivity contribution is -0.123. The van der Waals surface area contributed by atoms with E-state index in [0.717, 1.165) is 22.3 Å². The quantitative estimate of drug-likeness (QED) is 0.648. The Hall–Kier alpha value is -2.88. The van der Waals surface area contributed by atoms with E-state index in [-0.39, 0.29) is 12.5 Å². The van der Waals surface area contributed by atoms with E-state index in [1.807, 2.05) is 75.4 Å². The van der Waals surface area contributed by atoms with E-state index < -0.39 is 0 Å². The molecule has 0 radical (unpaired) electrons. The zero-order chi connectivity index (χ0) is 17.4. The van der Waals surface area contributed by atoms with Gasteiger partial charge in [0.2, 0.25) is 0 Å². The molecular formula is C20H22N2O2. The smallest absolute Gasteiger partial charge is 0.277 e. The number of carbonyl (C=O) groups excluding carboxylic acids is 1. The van der Waals surface area contributed by atoms with Gasteiger partial charge in [-0.2, -0.15) is 5.10 Å². The fourth-order valence-electron chi connectivity index (χ4n) is 2.09. The van der Waals surface area contributed by atoms with Gasteiger partial charge in [-0.1, -0.05) is 48.5 Å². The van der Waals surface area contributed by atoms with Crippen molar-refractivity contribution in [2.45, 2.75) is 20.8 Å². The lowest BCUT2D eigenvalue weighted by atomic mass is 10.1. The number of ether oxygens (including phenoxy) is 1. The Morgan fingerprint density at radius 3 is 2.67 bits per heavy atom. The van der Waals surface area contributed by atoms with Gasteiger partial charge in [-0.3, -0.25) is 4.79 Å². The summed E-state index contributed by atoms with van der Waals surface area (Å²) >= 11 is 0. The van der Waals surface area contributed by atoms with E-state index >= 15 is 0 Å². The third-order valence-corrected chi connectivity index (χ3v) is 3.35. The SMILES string of the molecule is CC(/C=N/NC(=O)COc1cc(C)ccc1C)=C\c1ccccc1. The summed E-state index contributed by atoms with van der Waals surface area (Å²) in [4.78, 5) is 11.8. The Kier molecular flexibility index (Phi) is 6.32. The van der Waals surface area contributed by atoms with Crippen molar-refractivity contribution in [1.29, 1.82) is 0 Å². The average molecular weight is 322 g/mol. The van der Waals surface area contributed by atoms with E-state index in [9.17, 15) is 4.79 Å². The zero-order valence-corrected chi connectivity index (χ0v) is 14.2. The third kappa shape index (κ3) is 5.72. The maximum absolute atomic E-state index is 11.8. The molecule has 124 valence electrons. The maximum atomic E-state index is 11.8. The molecule has 0 aliphatic heterocycles. The number of nitrogens with one attached hydrogen (secondary N) is 1. The summed E-state index contributed by atoms with van der Waals surface area (Å²) in [5, 5.41) is 3.95. The highest BCUT2D eigenvalue weighted by atomic mass is 16.5. The number of hydrogen-bond donors (Lipinski definition) is 1. The van der Waals surface area contributed by atoms with Crippen molar-refractivity contribution >= 4 is 18.2 Å². The van der Waals surface area contributed by atoms with Crippen LogP contribution in [0.1, 0.15) is 23.6 Å². The molecular weight excluding hydrogens is 300 g/mol. The van der Waals surface area contributed by atoms with E-state index in [1.54, 1.807) is 6.21 Å². The molecule has 0 aliphatic carbocycles. The van der Waals surface area contributed by atoms with Crippen molar-refractivity contribution in [3.8, 4) is 5.75 Å². The fourth-order valence-corrected chi connectivity index (χ4v) is 2.09. The molecule has 0 atom stereocenters. The number of allylic oxidation sites excluding steroid dienone is 1. The highest BCUT2D eigenvalue weighted by Gasteiger charge is 2.04. The molecule has 0 saturated heterocycles. The van der Waals surface area contributed by atoms with Gasteiger partial charge in [-0.25, -0.2) is 5.43 Å². The van der Waals surface area contributed by atoms with Crippen LogP contribution in [0.5, 0.6) is 5.75 Å². The first-order chi connectivity index (χ1) is 11.5. The van der Waals surface area contributed by atoms with Crippen LogP contribution in [0.15, 0.2) is 59.2 Å². The molecule has 0 spiro atoms. The molecule has 24 heavy (non-hydrogen) atoms. The van der Waals surface area contributed by atoms with Crippen LogP contribution in [0.2, 0.25) is 0 Å². The largest absolute Gasteiger partial charge is 0.483 e. The summed E-state index contributed by atoms with van der Waals surface area (Å²) in [5.41, 5.74) is 6.59. The van der Waals surface area contributed by atoms with Gasteiger partial charge in [0, 0.05) is 0 Å². The minimum absolute atomic E-state index is 0.0664. The van der Waals surface area contributed by atoms with Crippen molar-refractivity contribution in [3.05, 3.63) is 70.8 Å². The molecule has 0 aliphatic rings. The van der Waals surface area contributed by atoms with Crippen LogP contribution in [0, 0.1) is 13.8 Å². The Morgan fingerprint density at radius 1 is 1.17 bits per heavy atom. The second kappa shape index (κ2) is 8.67. The lowest BCUT2D eigenvalue weighted by Crippen LogP contribution is -2.24. The monoisotopic (exact) mass is 322 g/mol. The first-order valence-electron chi connectivity index (χ1n) is 7.80. The van der Waals surface area contributed by atoms with Crippen molar-refractivity contribution in [3.63, 3.8) is 0 Å². The van der Waals surface area contributed by atoms with Gasteiger partial charge in [-0.05, 0) is 49.1 Å². The second-order valence-electron chi connectivity index (χ2n) is 5.65. The van der Waals surface area contributed by atoms with Crippen LogP contribution < -0.4 is 10.2 Å². The summed E-state index contributed by atoms with van der Waals surface area (Å²) < 4.78 is 5.53. The highest BCUT2D eigenvalue weighted by Crippen LogP contribution is 2.18. The Morgan fingerprint density at radius 2 is 1.92 bits per heavy atom. The van der Waals surface area contributed by atoms with Gasteiger partial charge >= 0.3 is 0 Å². The minimum atomic E-state index is -0.292. The number of nitrogens with zero attached hydrogens (tertiary/aromatic N) is 1. The van der Waals surface area contributed by atoms with Gasteiger partial charge in [0.1, 0.15) is 5.75 Å². The molecule has 0 aromatic heterocycles. The molecule has 0 unspecified atom stereocenters. The first kappa shape index (κ1) is 17.5. The summed E-state index contributed by atoms with van der Waals surface area (Å²) in [6.45, 7) is 5.79. The molecule has 2 rings (SSSR count). The highest BCUT2D eigenvalue weighted by molar-refractivity contribution is 5.86. The Labute approximate surface area is 142 Å². The summed E-state index contributed by atoms with van der Waals surface area (Å²) in [6, 6.07) is 15.8. The van der Waals surface area contributed by atoms with Crippen LogP contribution in [0.25, 0.3) is 6.08 Å². The zero-order valence-electron chi connectivity index (χ0n) is 14.2. The molecule has 0 saturated carbocycles. The number of carbonyl (C=O) groups is 1. The van der Waals surface area contributed by atoms with E-state index in [4.69, 9.17) is 4.74 Å². The standard InChI is InChI=1S/C20H22N2O2/c1-15-9-10-17(3)19(12-15)24-14-20(23)22-21-13-16(2)11-18-7-5-4-6-8-18/h4-13H,14H2,1-3H3,(H,22,23)/b16-11+,21-13+. The molecule has 4 heteroatoms. The normalized spacial score (nSPS) is 11.5. The van der Waals surface area contributed by atoms with Gasteiger partial charge in [0.25, 0.3) is 5.91 Å². The van der Waals surface area contributed by atoms with Crippen LogP contribution in [-0.2, 0) is 4.79 Å². The molecule has 0 heterocycles. The fraction of sp³-hybridized carbons (Fsp3) is 0.200. The van der Waals surface area contributed by atoms with Crippen LogP contribution in [-0.4, -0.2) is 18.7 Å². The summed E-state index contributed by atoms with van der Waals surface area (Å²) in [5.74, 6) is 0.425. The minimum Gasteiger partial charge on any atom is -0.483 e. The van der Waals surface area contributed by atoms with Gasteiger partial charge in [-0.15, -0.1) is 0 Å². The maximum Gasteiger partial charge on any atom is 0.277 e. The van der Waals surface area contributed by atoms with E-state index in [2.05, 4.69) is 10.5 Å². The number of hydrogen-bond acceptors (Lipinski definition) is 3. The molecule has 1 amide bonds. The average Bonchev–Trinajstić information content (AvgIpc) is 2.56. The Bertz CT molecular complexity index is 749. The molecule has 0 fully saturated rings. The van der Waals surface area contributed by atoms with Gasteiger partial charge in [0.05, 0.1) is 6.21 Å². The molecule has 0 bridgehead atoms. The Balaban J connectivity index is 1.82. The number of hydrazone groups is 1. The number of amides is 1. The summed E-state index contributed by atoms with van der Waals surface area (Å²) in [7, 11) is 0. The van der Waals surface area contributed by atoms with Crippen molar-refractivity contribution in [1.82, 2.24) is 5.43 Å². The number of rotatable bonds is 6.